The molecular formula is C14H21N5O2. The minimum absolute atomic E-state index is 0.00596. The van der Waals surface area contributed by atoms with Gasteiger partial charge in [0.25, 0.3) is 0 Å². The third-order valence-corrected chi connectivity index (χ3v) is 3.90. The van der Waals surface area contributed by atoms with E-state index in [1.54, 1.807) is 6.92 Å². The van der Waals surface area contributed by atoms with Crippen LogP contribution in [0.2, 0.25) is 0 Å². The SMILES string of the molecule is Cc1nc(N)c(C)c(N2CCOCC2C(=O)NC2CC2)n1. The molecule has 0 spiro atoms. The summed E-state index contributed by atoms with van der Waals surface area (Å²) in [4.78, 5) is 23.0. The lowest BCUT2D eigenvalue weighted by atomic mass is 10.1. The molecule has 0 bridgehead atoms. The van der Waals surface area contributed by atoms with Crippen LogP contribution in [0.3, 0.4) is 0 Å². The maximum Gasteiger partial charge on any atom is 0.245 e. The molecule has 1 atom stereocenters. The molecule has 1 aromatic rings. The fourth-order valence-electron chi connectivity index (χ4n) is 2.51. The van der Waals surface area contributed by atoms with Crippen molar-refractivity contribution < 1.29 is 9.53 Å². The molecule has 2 heterocycles. The third-order valence-electron chi connectivity index (χ3n) is 3.90. The van der Waals surface area contributed by atoms with E-state index in [1.165, 1.54) is 0 Å². The minimum atomic E-state index is -0.355. The molecule has 1 aromatic heterocycles. The van der Waals surface area contributed by atoms with Gasteiger partial charge in [0.1, 0.15) is 23.5 Å². The first-order valence-electron chi connectivity index (χ1n) is 7.31. The molecule has 21 heavy (non-hydrogen) atoms. The maximum atomic E-state index is 12.4. The summed E-state index contributed by atoms with van der Waals surface area (Å²) in [6.07, 6.45) is 2.13. The van der Waals surface area contributed by atoms with Gasteiger partial charge in [-0.1, -0.05) is 0 Å². The molecule has 1 unspecified atom stereocenters. The number of aryl methyl sites for hydroxylation is 1. The van der Waals surface area contributed by atoms with Gasteiger partial charge in [0.05, 0.1) is 13.2 Å². The van der Waals surface area contributed by atoms with Crippen LogP contribution in [0.15, 0.2) is 0 Å². The number of hydrogen-bond acceptors (Lipinski definition) is 6. The predicted octanol–water partition coefficient (Wildman–Crippen LogP) is 0.159. The van der Waals surface area contributed by atoms with E-state index in [1.807, 2.05) is 11.8 Å². The largest absolute Gasteiger partial charge is 0.383 e. The molecule has 0 radical (unpaired) electrons. The number of nitrogens with one attached hydrogen (secondary N) is 1. The van der Waals surface area contributed by atoms with Crippen molar-refractivity contribution in [3.05, 3.63) is 11.4 Å². The lowest BCUT2D eigenvalue weighted by Crippen LogP contribution is -2.55. The van der Waals surface area contributed by atoms with Gasteiger partial charge < -0.3 is 20.7 Å². The average molecular weight is 291 g/mol. The fraction of sp³-hybridized carbons (Fsp3) is 0.643. The van der Waals surface area contributed by atoms with Crippen LogP contribution in [-0.2, 0) is 9.53 Å². The van der Waals surface area contributed by atoms with Crippen LogP contribution in [0.4, 0.5) is 11.6 Å². The first-order valence-corrected chi connectivity index (χ1v) is 7.31. The highest BCUT2D eigenvalue weighted by Crippen LogP contribution is 2.26. The number of nitrogens with zero attached hydrogens (tertiary/aromatic N) is 3. The van der Waals surface area contributed by atoms with Crippen molar-refractivity contribution >= 4 is 17.5 Å². The number of hydrogen-bond donors (Lipinski definition) is 2. The third kappa shape index (κ3) is 2.92. The van der Waals surface area contributed by atoms with E-state index < -0.39 is 0 Å². The summed E-state index contributed by atoms with van der Waals surface area (Å²) in [5, 5.41) is 3.04. The van der Waals surface area contributed by atoms with Crippen LogP contribution in [0.1, 0.15) is 24.2 Å². The summed E-state index contributed by atoms with van der Waals surface area (Å²) in [6, 6.07) is -0.0219. The van der Waals surface area contributed by atoms with Crippen molar-refractivity contribution in [3.63, 3.8) is 0 Å². The highest BCUT2D eigenvalue weighted by atomic mass is 16.5. The number of aromatic nitrogens is 2. The Balaban J connectivity index is 1.88. The molecule has 1 amide bonds. The molecule has 1 saturated heterocycles. The smallest absolute Gasteiger partial charge is 0.245 e. The van der Waals surface area contributed by atoms with Crippen LogP contribution in [0, 0.1) is 13.8 Å². The Kier molecular flexibility index (Phi) is 3.67. The molecule has 7 nitrogen and oxygen atoms in total. The molecular weight excluding hydrogens is 270 g/mol. The van der Waals surface area contributed by atoms with Gasteiger partial charge in [0.15, 0.2) is 0 Å². The summed E-state index contributed by atoms with van der Waals surface area (Å²) < 4.78 is 5.48. The Morgan fingerprint density at radius 1 is 1.38 bits per heavy atom. The normalized spacial score (nSPS) is 22.2. The van der Waals surface area contributed by atoms with Gasteiger partial charge in [-0.3, -0.25) is 4.79 Å². The predicted molar refractivity (Wildman–Crippen MR) is 79.0 cm³/mol. The van der Waals surface area contributed by atoms with E-state index in [4.69, 9.17) is 10.5 Å². The average Bonchev–Trinajstić information content (AvgIpc) is 3.26. The number of anilines is 2. The fourth-order valence-corrected chi connectivity index (χ4v) is 2.51. The zero-order valence-electron chi connectivity index (χ0n) is 12.4. The number of carbonyl (C=O) groups excluding carboxylic acids is 1. The van der Waals surface area contributed by atoms with Gasteiger partial charge >= 0.3 is 0 Å². The molecule has 3 rings (SSSR count). The number of amides is 1. The second-order valence-corrected chi connectivity index (χ2v) is 5.67. The Bertz CT molecular complexity index is 559. The molecule has 2 aliphatic rings. The van der Waals surface area contributed by atoms with Gasteiger partial charge in [0.2, 0.25) is 5.91 Å². The number of ether oxygens (including phenoxy) is 1. The van der Waals surface area contributed by atoms with E-state index in [9.17, 15) is 4.79 Å². The summed E-state index contributed by atoms with van der Waals surface area (Å²) in [7, 11) is 0. The van der Waals surface area contributed by atoms with Gasteiger partial charge in [-0.15, -0.1) is 0 Å². The molecule has 3 N–H and O–H groups in total. The molecule has 114 valence electrons. The minimum Gasteiger partial charge on any atom is -0.383 e. The van der Waals surface area contributed by atoms with Crippen molar-refractivity contribution in [3.8, 4) is 0 Å². The number of morpholine rings is 1. The standard InChI is InChI=1S/C14H21N5O2/c1-8-12(15)16-9(2)17-13(8)19-5-6-21-7-11(19)14(20)18-10-3-4-10/h10-11H,3-7H2,1-2H3,(H,18,20)(H2,15,16,17). The Morgan fingerprint density at radius 3 is 2.86 bits per heavy atom. The molecule has 1 aliphatic heterocycles. The van der Waals surface area contributed by atoms with E-state index in [0.717, 1.165) is 24.2 Å². The lowest BCUT2D eigenvalue weighted by molar-refractivity contribution is -0.124. The van der Waals surface area contributed by atoms with Crippen molar-refractivity contribution in [2.24, 2.45) is 0 Å². The molecule has 1 aliphatic carbocycles. The summed E-state index contributed by atoms with van der Waals surface area (Å²) in [5.41, 5.74) is 6.74. The van der Waals surface area contributed by atoms with Crippen molar-refractivity contribution in [1.29, 1.82) is 0 Å². The lowest BCUT2D eigenvalue weighted by Gasteiger charge is -2.36. The van der Waals surface area contributed by atoms with E-state index in [-0.39, 0.29) is 11.9 Å². The van der Waals surface area contributed by atoms with E-state index in [0.29, 0.717) is 37.4 Å². The van der Waals surface area contributed by atoms with Crippen molar-refractivity contribution in [1.82, 2.24) is 15.3 Å². The van der Waals surface area contributed by atoms with Crippen LogP contribution in [-0.4, -0.2) is 47.7 Å². The first-order chi connectivity index (χ1) is 10.1. The Morgan fingerprint density at radius 2 is 2.14 bits per heavy atom. The summed E-state index contributed by atoms with van der Waals surface area (Å²) >= 11 is 0. The number of carbonyl (C=O) groups is 1. The molecule has 0 aromatic carbocycles. The topological polar surface area (TPSA) is 93.4 Å². The zero-order chi connectivity index (χ0) is 15.0. The maximum absolute atomic E-state index is 12.4. The molecule has 7 heteroatoms. The molecule has 1 saturated carbocycles. The van der Waals surface area contributed by atoms with Crippen LogP contribution in [0.25, 0.3) is 0 Å². The van der Waals surface area contributed by atoms with Gasteiger partial charge in [-0.2, -0.15) is 0 Å². The highest BCUT2D eigenvalue weighted by Gasteiger charge is 2.34. The highest BCUT2D eigenvalue weighted by molar-refractivity contribution is 5.86. The Labute approximate surface area is 123 Å². The second-order valence-electron chi connectivity index (χ2n) is 5.67. The van der Waals surface area contributed by atoms with E-state index >= 15 is 0 Å². The second kappa shape index (κ2) is 5.48. The van der Waals surface area contributed by atoms with Gasteiger partial charge in [0, 0.05) is 18.2 Å². The van der Waals surface area contributed by atoms with Crippen LogP contribution >= 0.6 is 0 Å². The number of nitrogens with two attached hydrogens (primary N) is 1. The zero-order valence-corrected chi connectivity index (χ0v) is 12.4. The quantitative estimate of drug-likeness (QED) is 0.824. The van der Waals surface area contributed by atoms with E-state index in [2.05, 4.69) is 15.3 Å². The van der Waals surface area contributed by atoms with Crippen molar-refractivity contribution in [2.45, 2.75) is 38.8 Å². The number of nitrogen functional groups attached to an aromatic ring is 1. The van der Waals surface area contributed by atoms with Gasteiger partial charge in [-0.25, -0.2) is 9.97 Å². The van der Waals surface area contributed by atoms with Gasteiger partial charge in [-0.05, 0) is 26.7 Å². The summed E-state index contributed by atoms with van der Waals surface area (Å²) in [6.45, 7) is 5.27. The van der Waals surface area contributed by atoms with Crippen LogP contribution in [0.5, 0.6) is 0 Å². The molecule has 2 fully saturated rings. The monoisotopic (exact) mass is 291 g/mol. The van der Waals surface area contributed by atoms with Crippen LogP contribution < -0.4 is 16.0 Å². The number of rotatable bonds is 3. The van der Waals surface area contributed by atoms with Crippen molar-refractivity contribution in [2.75, 3.05) is 30.4 Å². The first kappa shape index (κ1) is 14.1. The Hall–Kier alpha value is -1.89. The summed E-state index contributed by atoms with van der Waals surface area (Å²) in [5.74, 6) is 1.82.